The van der Waals surface area contributed by atoms with E-state index in [9.17, 15) is 0 Å². The van der Waals surface area contributed by atoms with Crippen LogP contribution in [-0.2, 0) is 12.8 Å². The van der Waals surface area contributed by atoms with Crippen LogP contribution in [0.3, 0.4) is 0 Å². The third kappa shape index (κ3) is 3.01. The molecule has 1 aromatic heterocycles. The van der Waals surface area contributed by atoms with Crippen molar-refractivity contribution in [2.45, 2.75) is 26.7 Å². The maximum Gasteiger partial charge on any atom is 0.137 e. The molecule has 4 heteroatoms. The van der Waals surface area contributed by atoms with Crippen molar-refractivity contribution in [1.29, 1.82) is 0 Å². The third-order valence-electron chi connectivity index (χ3n) is 2.75. The predicted molar refractivity (Wildman–Crippen MR) is 75.4 cm³/mol. The lowest BCUT2D eigenvalue weighted by Crippen LogP contribution is -2.01. The van der Waals surface area contributed by atoms with Crippen LogP contribution in [0.2, 0.25) is 10.3 Å². The van der Waals surface area contributed by atoms with Gasteiger partial charge in [0.2, 0.25) is 0 Å². The molecular formula is C14H14Cl2N2. The molecule has 0 saturated heterocycles. The van der Waals surface area contributed by atoms with Gasteiger partial charge in [-0.25, -0.2) is 9.97 Å². The van der Waals surface area contributed by atoms with Crippen LogP contribution >= 0.6 is 23.2 Å². The summed E-state index contributed by atoms with van der Waals surface area (Å²) in [4.78, 5) is 8.60. The highest BCUT2D eigenvalue weighted by Gasteiger charge is 2.10. The van der Waals surface area contributed by atoms with Gasteiger partial charge in [0.25, 0.3) is 0 Å². The van der Waals surface area contributed by atoms with E-state index in [1.165, 1.54) is 5.56 Å². The number of hydrogen-bond acceptors (Lipinski definition) is 2. The van der Waals surface area contributed by atoms with E-state index in [-0.39, 0.29) is 0 Å². The van der Waals surface area contributed by atoms with Gasteiger partial charge in [0.05, 0.1) is 0 Å². The molecule has 2 nitrogen and oxygen atoms in total. The number of aryl methyl sites for hydroxylation is 1. The van der Waals surface area contributed by atoms with Crippen LogP contribution in [0.15, 0.2) is 24.3 Å². The quantitative estimate of drug-likeness (QED) is 0.786. The average Bonchev–Trinajstić information content (AvgIpc) is 2.28. The van der Waals surface area contributed by atoms with Gasteiger partial charge in [0.15, 0.2) is 0 Å². The lowest BCUT2D eigenvalue weighted by atomic mass is 10.1. The lowest BCUT2D eigenvalue weighted by Gasteiger charge is -2.07. The van der Waals surface area contributed by atoms with E-state index < -0.39 is 0 Å². The monoisotopic (exact) mass is 280 g/mol. The first-order chi connectivity index (χ1) is 8.60. The standard InChI is InChI=1S/C14H14Cl2N2/c1-3-11-13(15)17-12(18-14(11)16)8-10-6-4-5-9(2)7-10/h4-7H,3,8H2,1-2H3. The minimum atomic E-state index is 0.458. The zero-order valence-corrected chi connectivity index (χ0v) is 11.9. The fourth-order valence-corrected chi connectivity index (χ4v) is 2.54. The van der Waals surface area contributed by atoms with Gasteiger partial charge in [-0.05, 0) is 18.9 Å². The molecule has 2 rings (SSSR count). The van der Waals surface area contributed by atoms with Crippen molar-refractivity contribution in [1.82, 2.24) is 9.97 Å². The maximum atomic E-state index is 6.10. The predicted octanol–water partition coefficient (Wildman–Crippen LogP) is 4.25. The van der Waals surface area contributed by atoms with Crippen LogP contribution in [-0.4, -0.2) is 9.97 Å². The molecule has 18 heavy (non-hydrogen) atoms. The molecule has 1 heterocycles. The van der Waals surface area contributed by atoms with Crippen LogP contribution in [0.1, 0.15) is 29.4 Å². The normalized spacial score (nSPS) is 10.7. The van der Waals surface area contributed by atoms with Gasteiger partial charge in [-0.1, -0.05) is 60.0 Å². The summed E-state index contributed by atoms with van der Waals surface area (Å²) in [6.07, 6.45) is 1.38. The van der Waals surface area contributed by atoms with Gasteiger partial charge in [0, 0.05) is 12.0 Å². The molecule has 0 atom stereocenters. The first-order valence-corrected chi connectivity index (χ1v) is 6.62. The molecule has 0 unspecified atom stereocenters. The average molecular weight is 281 g/mol. The highest BCUT2D eigenvalue weighted by Crippen LogP contribution is 2.22. The molecule has 0 amide bonds. The molecule has 0 radical (unpaired) electrons. The molecule has 94 valence electrons. The van der Waals surface area contributed by atoms with Crippen LogP contribution < -0.4 is 0 Å². The Morgan fingerprint density at radius 1 is 1.11 bits per heavy atom. The Morgan fingerprint density at radius 3 is 2.33 bits per heavy atom. The highest BCUT2D eigenvalue weighted by molar-refractivity contribution is 6.34. The molecule has 0 N–H and O–H groups in total. The second-order valence-corrected chi connectivity index (χ2v) is 4.94. The smallest absolute Gasteiger partial charge is 0.137 e. The van der Waals surface area contributed by atoms with Crippen molar-refractivity contribution in [2.24, 2.45) is 0 Å². The van der Waals surface area contributed by atoms with E-state index in [1.807, 2.05) is 19.1 Å². The Bertz CT molecular complexity index is 544. The molecule has 0 aliphatic carbocycles. The van der Waals surface area contributed by atoms with Crippen LogP contribution in [0, 0.1) is 6.92 Å². The van der Waals surface area contributed by atoms with Gasteiger partial charge in [-0.15, -0.1) is 0 Å². The summed E-state index contributed by atoms with van der Waals surface area (Å²) in [5.41, 5.74) is 3.19. The zero-order valence-electron chi connectivity index (χ0n) is 10.4. The van der Waals surface area contributed by atoms with Gasteiger partial charge < -0.3 is 0 Å². The van der Waals surface area contributed by atoms with Gasteiger partial charge >= 0.3 is 0 Å². The zero-order chi connectivity index (χ0) is 13.1. The second kappa shape index (κ2) is 5.68. The molecule has 0 aliphatic heterocycles. The van der Waals surface area contributed by atoms with Crippen molar-refractivity contribution in [3.05, 3.63) is 57.1 Å². The maximum absolute atomic E-state index is 6.10. The number of aromatic nitrogens is 2. The van der Waals surface area contributed by atoms with Crippen LogP contribution in [0.4, 0.5) is 0 Å². The Kier molecular flexibility index (Phi) is 4.20. The SMILES string of the molecule is CCc1c(Cl)nc(Cc2cccc(C)c2)nc1Cl. The van der Waals surface area contributed by atoms with E-state index in [2.05, 4.69) is 29.0 Å². The summed E-state index contributed by atoms with van der Waals surface area (Å²) in [5, 5.41) is 0.917. The number of nitrogens with zero attached hydrogens (tertiary/aromatic N) is 2. The summed E-state index contributed by atoms with van der Waals surface area (Å²) >= 11 is 12.2. The lowest BCUT2D eigenvalue weighted by molar-refractivity contribution is 0.936. The molecule has 0 fully saturated rings. The highest BCUT2D eigenvalue weighted by atomic mass is 35.5. The Labute approximate surface area is 117 Å². The summed E-state index contributed by atoms with van der Waals surface area (Å²) < 4.78 is 0. The largest absolute Gasteiger partial charge is 0.220 e. The minimum Gasteiger partial charge on any atom is -0.220 e. The van der Waals surface area contributed by atoms with Gasteiger partial charge in [-0.3, -0.25) is 0 Å². The second-order valence-electron chi connectivity index (χ2n) is 4.22. The Hall–Kier alpha value is -1.12. The number of halogens is 2. The molecule has 0 bridgehead atoms. The number of benzene rings is 1. The van der Waals surface area contributed by atoms with Crippen molar-refractivity contribution in [3.63, 3.8) is 0 Å². The van der Waals surface area contributed by atoms with E-state index in [1.54, 1.807) is 0 Å². The first kappa shape index (κ1) is 13.3. The molecule has 0 spiro atoms. The van der Waals surface area contributed by atoms with Crippen molar-refractivity contribution < 1.29 is 0 Å². The summed E-state index contributed by atoms with van der Waals surface area (Å²) in [6, 6.07) is 8.24. The Balaban J connectivity index is 2.30. The van der Waals surface area contributed by atoms with E-state index >= 15 is 0 Å². The summed E-state index contributed by atoms with van der Waals surface area (Å²) in [6.45, 7) is 4.04. The molecule has 2 aromatic rings. The van der Waals surface area contributed by atoms with Crippen LogP contribution in [0.5, 0.6) is 0 Å². The first-order valence-electron chi connectivity index (χ1n) is 5.86. The van der Waals surface area contributed by atoms with Gasteiger partial charge in [-0.2, -0.15) is 0 Å². The molecule has 0 saturated carbocycles. The summed E-state index contributed by atoms with van der Waals surface area (Å²) in [7, 11) is 0. The minimum absolute atomic E-state index is 0.458. The van der Waals surface area contributed by atoms with Crippen LogP contribution in [0.25, 0.3) is 0 Å². The number of rotatable bonds is 3. The number of hydrogen-bond donors (Lipinski definition) is 0. The Morgan fingerprint density at radius 2 is 1.78 bits per heavy atom. The van der Waals surface area contributed by atoms with E-state index in [4.69, 9.17) is 23.2 Å². The van der Waals surface area contributed by atoms with Crippen molar-refractivity contribution in [3.8, 4) is 0 Å². The fraction of sp³-hybridized carbons (Fsp3) is 0.286. The summed E-state index contributed by atoms with van der Waals surface area (Å²) in [5.74, 6) is 0.660. The fourth-order valence-electron chi connectivity index (χ4n) is 1.85. The van der Waals surface area contributed by atoms with E-state index in [0.29, 0.717) is 22.6 Å². The molecule has 1 aromatic carbocycles. The van der Waals surface area contributed by atoms with Gasteiger partial charge in [0.1, 0.15) is 16.1 Å². The van der Waals surface area contributed by atoms with E-state index in [0.717, 1.165) is 17.5 Å². The third-order valence-corrected chi connectivity index (χ3v) is 3.38. The molecule has 0 aliphatic rings. The topological polar surface area (TPSA) is 25.8 Å². The van der Waals surface area contributed by atoms with Crippen molar-refractivity contribution in [2.75, 3.05) is 0 Å². The van der Waals surface area contributed by atoms with Crippen molar-refractivity contribution >= 4 is 23.2 Å². The molecular weight excluding hydrogens is 267 g/mol.